The molecule has 3 N–H and O–H groups in total. The molecule has 0 fully saturated rings. The van der Waals surface area contributed by atoms with Crippen LogP contribution in [0.25, 0.3) is 6.08 Å². The van der Waals surface area contributed by atoms with Gasteiger partial charge in [0.05, 0.1) is 0 Å². The Bertz CT molecular complexity index is 268. The van der Waals surface area contributed by atoms with E-state index in [1.165, 1.54) is 5.54 Å². The first-order chi connectivity index (χ1) is 6.16. The lowest BCUT2D eigenvalue weighted by atomic mass is 10.2. The van der Waals surface area contributed by atoms with E-state index in [0.717, 1.165) is 5.56 Å². The predicted molar refractivity (Wildman–Crippen MR) is 53.5 cm³/mol. The van der Waals surface area contributed by atoms with E-state index in [4.69, 9.17) is 21.5 Å². The van der Waals surface area contributed by atoms with Crippen LogP contribution in [-0.4, -0.2) is 11.2 Å². The molecule has 0 aliphatic carbocycles. The lowest BCUT2D eigenvalue weighted by Crippen LogP contribution is -2.03. The zero-order valence-electron chi connectivity index (χ0n) is 6.85. The van der Waals surface area contributed by atoms with Crippen molar-refractivity contribution in [1.29, 1.82) is 0 Å². The number of amides is 1. The van der Waals surface area contributed by atoms with Crippen molar-refractivity contribution in [2.45, 2.75) is 0 Å². The van der Waals surface area contributed by atoms with E-state index in [-0.39, 0.29) is 0 Å². The van der Waals surface area contributed by atoms with E-state index in [1.807, 2.05) is 36.4 Å². The largest absolute Gasteiger partial charge is 0.465 e. The molecule has 1 aromatic carbocycles. The van der Waals surface area contributed by atoms with Crippen LogP contribution in [0.15, 0.2) is 35.9 Å². The Hall–Kier alpha value is -1.48. The molecular weight excluding hydrogens is 190 g/mol. The molecule has 4 heteroatoms. The minimum Gasteiger partial charge on any atom is -0.465 e. The lowest BCUT2D eigenvalue weighted by molar-refractivity contribution is 0.205. The van der Waals surface area contributed by atoms with Crippen LogP contribution < -0.4 is 5.73 Å². The summed E-state index contributed by atoms with van der Waals surface area (Å²) in [6, 6.07) is 9.93. The van der Waals surface area contributed by atoms with Crippen LogP contribution in [0.2, 0.25) is 0 Å². The fourth-order valence-electron chi connectivity index (χ4n) is 0.637. The van der Waals surface area contributed by atoms with Crippen LogP contribution in [0.3, 0.4) is 0 Å². The van der Waals surface area contributed by atoms with Gasteiger partial charge in [0.1, 0.15) is 0 Å². The number of rotatable bonds is 1. The fraction of sp³-hybridized carbons (Fsp3) is 0. The summed E-state index contributed by atoms with van der Waals surface area (Å²) in [7, 11) is 0. The molecular formula is C9H10ClNO2. The molecule has 0 unspecified atom stereocenters. The molecule has 70 valence electrons. The number of carbonyl (C=O) groups is 1. The molecule has 0 saturated heterocycles. The summed E-state index contributed by atoms with van der Waals surface area (Å²) in [5.41, 5.74) is 6.67. The normalized spacial score (nSPS) is 9.00. The number of nitrogens with two attached hydrogens (primary N) is 1. The van der Waals surface area contributed by atoms with Crippen LogP contribution in [0.4, 0.5) is 4.79 Å². The van der Waals surface area contributed by atoms with Gasteiger partial charge in [-0.2, -0.15) is 0 Å². The average molecular weight is 200 g/mol. The van der Waals surface area contributed by atoms with E-state index < -0.39 is 6.09 Å². The molecule has 0 heterocycles. The summed E-state index contributed by atoms with van der Waals surface area (Å²) in [5, 5.41) is 7.19. The van der Waals surface area contributed by atoms with Gasteiger partial charge in [-0.15, -0.1) is 0 Å². The van der Waals surface area contributed by atoms with Crippen LogP contribution in [0.1, 0.15) is 5.56 Å². The fourth-order valence-corrected chi connectivity index (χ4v) is 0.782. The van der Waals surface area contributed by atoms with Gasteiger partial charge in [0.2, 0.25) is 0 Å². The Morgan fingerprint density at radius 2 is 1.85 bits per heavy atom. The topological polar surface area (TPSA) is 63.3 Å². The van der Waals surface area contributed by atoms with Gasteiger partial charge in [-0.25, -0.2) is 4.79 Å². The maximum absolute atomic E-state index is 8.78. The summed E-state index contributed by atoms with van der Waals surface area (Å²) in [6.07, 6.45) is 0.515. The van der Waals surface area contributed by atoms with E-state index in [1.54, 1.807) is 0 Å². The van der Waals surface area contributed by atoms with Crippen molar-refractivity contribution in [3.8, 4) is 0 Å². The number of hydrogen-bond acceptors (Lipinski definition) is 1. The lowest BCUT2D eigenvalue weighted by Gasteiger charge is -1.86. The highest BCUT2D eigenvalue weighted by molar-refractivity contribution is 6.27. The molecule has 0 bridgehead atoms. The third-order valence-electron chi connectivity index (χ3n) is 1.06. The van der Waals surface area contributed by atoms with Gasteiger partial charge in [0.25, 0.3) is 0 Å². The van der Waals surface area contributed by atoms with Crippen molar-refractivity contribution < 1.29 is 9.90 Å². The molecule has 1 aromatic rings. The summed E-state index contributed by atoms with van der Waals surface area (Å²) >= 11 is 5.36. The number of carboxylic acid groups (broad SMARTS) is 1. The third-order valence-corrected chi connectivity index (χ3v) is 1.18. The van der Waals surface area contributed by atoms with Crippen molar-refractivity contribution in [3.05, 3.63) is 41.4 Å². The summed E-state index contributed by atoms with van der Waals surface area (Å²) in [6.45, 7) is 0. The number of benzene rings is 1. The predicted octanol–water partition coefficient (Wildman–Crippen LogP) is 2.52. The maximum atomic E-state index is 8.78. The van der Waals surface area contributed by atoms with E-state index in [9.17, 15) is 0 Å². The standard InChI is InChI=1S/C8H7Cl.CH3NO2/c9-7-6-8-4-2-1-3-5-8;2-1(3)4/h1-7H;2H2,(H,3,4). The number of primary amides is 1. The number of halogens is 1. The minimum atomic E-state index is -1.33. The zero-order valence-corrected chi connectivity index (χ0v) is 7.61. The average Bonchev–Trinajstić information content (AvgIpc) is 2.06. The second-order valence-corrected chi connectivity index (χ2v) is 2.29. The molecule has 0 aromatic heterocycles. The van der Waals surface area contributed by atoms with Crippen molar-refractivity contribution >= 4 is 23.8 Å². The molecule has 0 spiro atoms. The minimum absolute atomic E-state index is 1.13. The van der Waals surface area contributed by atoms with Gasteiger partial charge in [-0.05, 0) is 11.6 Å². The Morgan fingerprint density at radius 3 is 2.23 bits per heavy atom. The molecule has 1 rings (SSSR count). The van der Waals surface area contributed by atoms with Crippen LogP contribution >= 0.6 is 11.6 Å². The molecule has 0 saturated carbocycles. The Labute approximate surface area is 81.4 Å². The van der Waals surface area contributed by atoms with E-state index >= 15 is 0 Å². The SMILES string of the molecule is ClC=Cc1ccccc1.NC(=O)O. The molecule has 3 nitrogen and oxygen atoms in total. The Morgan fingerprint density at radius 1 is 1.38 bits per heavy atom. The second-order valence-electron chi connectivity index (χ2n) is 2.04. The molecule has 0 radical (unpaired) electrons. The highest BCUT2D eigenvalue weighted by Crippen LogP contribution is 2.00. The van der Waals surface area contributed by atoms with Gasteiger partial charge in [-0.1, -0.05) is 41.9 Å². The second kappa shape index (κ2) is 7.18. The molecule has 13 heavy (non-hydrogen) atoms. The molecule has 0 atom stereocenters. The zero-order chi connectivity index (χ0) is 10.1. The van der Waals surface area contributed by atoms with Crippen LogP contribution in [0.5, 0.6) is 0 Å². The summed E-state index contributed by atoms with van der Waals surface area (Å²) < 4.78 is 0. The highest BCUT2D eigenvalue weighted by Gasteiger charge is 1.78. The summed E-state index contributed by atoms with van der Waals surface area (Å²) in [4.78, 5) is 8.78. The molecule has 0 aliphatic heterocycles. The van der Waals surface area contributed by atoms with Gasteiger partial charge >= 0.3 is 6.09 Å². The monoisotopic (exact) mass is 199 g/mol. The van der Waals surface area contributed by atoms with Crippen LogP contribution in [-0.2, 0) is 0 Å². The smallest absolute Gasteiger partial charge is 0.402 e. The first-order valence-corrected chi connectivity index (χ1v) is 3.90. The van der Waals surface area contributed by atoms with Crippen LogP contribution in [0, 0.1) is 0 Å². The van der Waals surface area contributed by atoms with Gasteiger partial charge in [0, 0.05) is 5.54 Å². The quantitative estimate of drug-likeness (QED) is 0.730. The van der Waals surface area contributed by atoms with Gasteiger partial charge in [0.15, 0.2) is 0 Å². The van der Waals surface area contributed by atoms with Crippen molar-refractivity contribution in [2.75, 3.05) is 0 Å². The van der Waals surface area contributed by atoms with E-state index in [0.29, 0.717) is 0 Å². The van der Waals surface area contributed by atoms with E-state index in [2.05, 4.69) is 5.73 Å². The first kappa shape index (κ1) is 11.5. The van der Waals surface area contributed by atoms with Crippen molar-refractivity contribution in [1.82, 2.24) is 0 Å². The Kier molecular flexibility index (Phi) is 6.37. The Balaban J connectivity index is 0.000000310. The third kappa shape index (κ3) is 8.43. The summed E-state index contributed by atoms with van der Waals surface area (Å²) in [5.74, 6) is 0. The van der Waals surface area contributed by atoms with Gasteiger partial charge < -0.3 is 10.8 Å². The van der Waals surface area contributed by atoms with Crippen molar-refractivity contribution in [3.63, 3.8) is 0 Å². The maximum Gasteiger partial charge on any atom is 0.402 e. The molecule has 0 aliphatic rings. The van der Waals surface area contributed by atoms with Crippen molar-refractivity contribution in [2.24, 2.45) is 5.73 Å². The molecule has 1 amide bonds. The number of hydrogen-bond donors (Lipinski definition) is 2. The van der Waals surface area contributed by atoms with Gasteiger partial charge in [-0.3, -0.25) is 0 Å². The highest BCUT2D eigenvalue weighted by atomic mass is 35.5. The first-order valence-electron chi connectivity index (χ1n) is 3.47.